The molecular formula is C20H26N2O3. The second kappa shape index (κ2) is 9.39. The molecule has 1 aliphatic heterocycles. The summed E-state index contributed by atoms with van der Waals surface area (Å²) >= 11 is 0. The first-order valence-corrected chi connectivity index (χ1v) is 8.91. The first-order chi connectivity index (χ1) is 12.3. The minimum atomic E-state index is -0.0308. The molecule has 0 aliphatic carbocycles. The molecule has 0 radical (unpaired) electrons. The van der Waals surface area contributed by atoms with Crippen LogP contribution in [0.3, 0.4) is 0 Å². The number of furan rings is 1. The topological polar surface area (TPSA) is 54.7 Å². The van der Waals surface area contributed by atoms with Gasteiger partial charge in [-0.05, 0) is 43.5 Å². The number of piperidine rings is 1. The molecule has 2 aromatic rings. The summed E-state index contributed by atoms with van der Waals surface area (Å²) in [6.45, 7) is 4.41. The van der Waals surface area contributed by atoms with E-state index in [4.69, 9.17) is 9.15 Å². The molecule has 0 saturated carbocycles. The fourth-order valence-corrected chi connectivity index (χ4v) is 3.13. The third-order valence-corrected chi connectivity index (χ3v) is 4.63. The van der Waals surface area contributed by atoms with Crippen molar-refractivity contribution in [3.8, 4) is 0 Å². The smallest absolute Gasteiger partial charge is 0.246 e. The molecule has 5 nitrogen and oxygen atoms in total. The number of rotatable bonds is 8. The summed E-state index contributed by atoms with van der Waals surface area (Å²) in [7, 11) is 0. The van der Waals surface area contributed by atoms with Crippen LogP contribution in [0.25, 0.3) is 0 Å². The molecule has 1 aromatic heterocycles. The number of nitrogens with one attached hydrogen (secondary N) is 1. The van der Waals surface area contributed by atoms with Gasteiger partial charge in [0.2, 0.25) is 5.91 Å². The Morgan fingerprint density at radius 1 is 1.16 bits per heavy atom. The average Bonchev–Trinajstić information content (AvgIpc) is 3.15. The van der Waals surface area contributed by atoms with Crippen molar-refractivity contribution >= 4 is 5.91 Å². The SMILES string of the molecule is O=C(COCc1ccccc1)NCC1CCN(Cc2ccoc2)CC1. The second-order valence-corrected chi connectivity index (χ2v) is 6.63. The summed E-state index contributed by atoms with van der Waals surface area (Å²) in [6, 6.07) is 11.9. The Kier molecular flexibility index (Phi) is 6.65. The van der Waals surface area contributed by atoms with Gasteiger partial charge in [-0.3, -0.25) is 9.69 Å². The van der Waals surface area contributed by atoms with E-state index in [0.717, 1.165) is 44.6 Å². The quantitative estimate of drug-likeness (QED) is 0.801. The van der Waals surface area contributed by atoms with Gasteiger partial charge in [0.15, 0.2) is 0 Å². The fourth-order valence-electron chi connectivity index (χ4n) is 3.13. The zero-order chi connectivity index (χ0) is 17.3. The molecule has 0 bridgehead atoms. The number of likely N-dealkylation sites (tertiary alicyclic amines) is 1. The van der Waals surface area contributed by atoms with Crippen LogP contribution in [0.15, 0.2) is 53.3 Å². The lowest BCUT2D eigenvalue weighted by Crippen LogP contribution is -2.39. The molecule has 1 N–H and O–H groups in total. The van der Waals surface area contributed by atoms with Crippen LogP contribution in [-0.2, 0) is 22.7 Å². The monoisotopic (exact) mass is 342 g/mol. The highest BCUT2D eigenvalue weighted by Crippen LogP contribution is 2.18. The van der Waals surface area contributed by atoms with Crippen LogP contribution >= 0.6 is 0 Å². The molecule has 1 saturated heterocycles. The second-order valence-electron chi connectivity index (χ2n) is 6.63. The lowest BCUT2D eigenvalue weighted by atomic mass is 9.96. The summed E-state index contributed by atoms with van der Waals surface area (Å²) < 4.78 is 10.6. The van der Waals surface area contributed by atoms with Crippen LogP contribution in [0.4, 0.5) is 0 Å². The molecule has 0 spiro atoms. The number of hydrogen-bond acceptors (Lipinski definition) is 4. The van der Waals surface area contributed by atoms with Crippen molar-refractivity contribution in [2.75, 3.05) is 26.2 Å². The van der Waals surface area contributed by atoms with Gasteiger partial charge < -0.3 is 14.5 Å². The Bertz CT molecular complexity index is 620. The van der Waals surface area contributed by atoms with Gasteiger partial charge in [-0.1, -0.05) is 30.3 Å². The Hall–Kier alpha value is -2.11. The predicted molar refractivity (Wildman–Crippen MR) is 95.8 cm³/mol. The Morgan fingerprint density at radius 3 is 2.68 bits per heavy atom. The van der Waals surface area contributed by atoms with E-state index in [9.17, 15) is 4.79 Å². The van der Waals surface area contributed by atoms with E-state index in [2.05, 4.69) is 10.2 Å². The highest BCUT2D eigenvalue weighted by molar-refractivity contribution is 5.77. The van der Waals surface area contributed by atoms with Gasteiger partial charge in [0.1, 0.15) is 6.61 Å². The van der Waals surface area contributed by atoms with Crippen molar-refractivity contribution in [3.05, 3.63) is 60.1 Å². The molecule has 0 unspecified atom stereocenters. The van der Waals surface area contributed by atoms with Gasteiger partial charge in [-0.15, -0.1) is 0 Å². The number of amides is 1. The van der Waals surface area contributed by atoms with E-state index < -0.39 is 0 Å². The summed E-state index contributed by atoms with van der Waals surface area (Å²) in [5, 5.41) is 3.00. The van der Waals surface area contributed by atoms with E-state index in [-0.39, 0.29) is 12.5 Å². The predicted octanol–water partition coefficient (Wildman–Crippen LogP) is 2.82. The number of carbonyl (C=O) groups excluding carboxylic acids is 1. The summed E-state index contributed by atoms with van der Waals surface area (Å²) in [6.07, 6.45) is 5.76. The summed E-state index contributed by atoms with van der Waals surface area (Å²) in [4.78, 5) is 14.3. The first kappa shape index (κ1) is 17.7. The van der Waals surface area contributed by atoms with Crippen LogP contribution in [0.5, 0.6) is 0 Å². The fraction of sp³-hybridized carbons (Fsp3) is 0.450. The lowest BCUT2D eigenvalue weighted by molar-refractivity contribution is -0.126. The van der Waals surface area contributed by atoms with E-state index in [1.54, 1.807) is 6.26 Å². The maximum Gasteiger partial charge on any atom is 0.246 e. The van der Waals surface area contributed by atoms with Gasteiger partial charge in [0, 0.05) is 18.7 Å². The van der Waals surface area contributed by atoms with E-state index in [0.29, 0.717) is 12.5 Å². The third-order valence-electron chi connectivity index (χ3n) is 4.63. The minimum Gasteiger partial charge on any atom is -0.472 e. The lowest BCUT2D eigenvalue weighted by Gasteiger charge is -2.31. The molecule has 25 heavy (non-hydrogen) atoms. The average molecular weight is 342 g/mol. The summed E-state index contributed by atoms with van der Waals surface area (Å²) in [5.74, 6) is 0.524. The Morgan fingerprint density at radius 2 is 1.96 bits per heavy atom. The Balaban J connectivity index is 1.27. The van der Waals surface area contributed by atoms with Gasteiger partial charge in [0.05, 0.1) is 19.1 Å². The number of benzene rings is 1. The molecular weight excluding hydrogens is 316 g/mol. The number of nitrogens with zero attached hydrogens (tertiary/aromatic N) is 1. The largest absolute Gasteiger partial charge is 0.472 e. The molecule has 1 fully saturated rings. The molecule has 5 heteroatoms. The van der Waals surface area contributed by atoms with E-state index in [1.165, 1.54) is 5.56 Å². The van der Waals surface area contributed by atoms with Crippen molar-refractivity contribution in [2.24, 2.45) is 5.92 Å². The van der Waals surface area contributed by atoms with Gasteiger partial charge in [-0.2, -0.15) is 0 Å². The zero-order valence-corrected chi connectivity index (χ0v) is 14.5. The molecule has 0 atom stereocenters. The normalized spacial score (nSPS) is 16.0. The van der Waals surface area contributed by atoms with Crippen molar-refractivity contribution in [2.45, 2.75) is 26.0 Å². The maximum absolute atomic E-state index is 11.9. The van der Waals surface area contributed by atoms with Crippen LogP contribution in [0, 0.1) is 5.92 Å². The van der Waals surface area contributed by atoms with Crippen LogP contribution < -0.4 is 5.32 Å². The summed E-state index contributed by atoms with van der Waals surface area (Å²) in [5.41, 5.74) is 2.31. The van der Waals surface area contributed by atoms with Crippen molar-refractivity contribution in [1.29, 1.82) is 0 Å². The van der Waals surface area contributed by atoms with Gasteiger partial charge in [-0.25, -0.2) is 0 Å². The highest BCUT2D eigenvalue weighted by atomic mass is 16.5. The van der Waals surface area contributed by atoms with Crippen molar-refractivity contribution in [1.82, 2.24) is 10.2 Å². The third kappa shape index (κ3) is 6.03. The Labute approximate surface area is 149 Å². The minimum absolute atomic E-state index is 0.0308. The first-order valence-electron chi connectivity index (χ1n) is 8.91. The molecule has 1 aliphatic rings. The maximum atomic E-state index is 11.9. The standard InChI is InChI=1S/C20H26N2O3/c23-20(16-25-14-18-4-2-1-3-5-18)21-12-17-6-9-22(10-7-17)13-19-8-11-24-15-19/h1-5,8,11,15,17H,6-7,9-10,12-14,16H2,(H,21,23). The number of carbonyl (C=O) groups is 1. The molecule has 3 rings (SSSR count). The van der Waals surface area contributed by atoms with Crippen LogP contribution in [0.1, 0.15) is 24.0 Å². The van der Waals surface area contributed by atoms with E-state index >= 15 is 0 Å². The van der Waals surface area contributed by atoms with Crippen LogP contribution in [-0.4, -0.2) is 37.0 Å². The van der Waals surface area contributed by atoms with Gasteiger partial charge in [0.25, 0.3) is 0 Å². The number of ether oxygens (including phenoxy) is 1. The van der Waals surface area contributed by atoms with Crippen molar-refractivity contribution < 1.29 is 13.9 Å². The van der Waals surface area contributed by atoms with Gasteiger partial charge >= 0.3 is 0 Å². The number of hydrogen-bond donors (Lipinski definition) is 1. The molecule has 1 amide bonds. The molecule has 2 heterocycles. The van der Waals surface area contributed by atoms with E-state index in [1.807, 2.05) is 42.7 Å². The van der Waals surface area contributed by atoms with Crippen molar-refractivity contribution in [3.63, 3.8) is 0 Å². The van der Waals surface area contributed by atoms with Crippen LogP contribution in [0.2, 0.25) is 0 Å². The molecule has 134 valence electrons. The zero-order valence-electron chi connectivity index (χ0n) is 14.5. The molecule has 1 aromatic carbocycles. The highest BCUT2D eigenvalue weighted by Gasteiger charge is 2.20.